The maximum atomic E-state index is 13.0. The molecule has 10 nitrogen and oxygen atoms in total. The molecule has 2 N–H and O–H groups in total. The van der Waals surface area contributed by atoms with Crippen molar-refractivity contribution in [2.75, 3.05) is 38.7 Å². The summed E-state index contributed by atoms with van der Waals surface area (Å²) in [6, 6.07) is 6.21. The Hall–Kier alpha value is -3.43. The first-order valence-electron chi connectivity index (χ1n) is 8.94. The first-order chi connectivity index (χ1) is 13.4. The third kappa shape index (κ3) is 2.60. The molecule has 1 aromatic carbocycles. The minimum Gasteiger partial charge on any atom is -0.493 e. The Balaban J connectivity index is 1.78. The van der Waals surface area contributed by atoms with Gasteiger partial charge in [-0.15, -0.1) is 0 Å². The SMILES string of the molecule is COc1ccccc1N1CCC[N+]2=C1N=C1C2C(=O)N(CC(N)=O)C(=O)N1C. The van der Waals surface area contributed by atoms with Crippen LogP contribution in [0.5, 0.6) is 5.75 Å². The van der Waals surface area contributed by atoms with Gasteiger partial charge in [0.2, 0.25) is 17.8 Å². The quantitative estimate of drug-likeness (QED) is 0.698. The van der Waals surface area contributed by atoms with Gasteiger partial charge in [-0.3, -0.25) is 19.4 Å². The Bertz CT molecular complexity index is 940. The van der Waals surface area contributed by atoms with Gasteiger partial charge in [-0.25, -0.2) is 14.3 Å². The van der Waals surface area contributed by atoms with Crippen LogP contribution in [-0.4, -0.2) is 83.8 Å². The van der Waals surface area contributed by atoms with E-state index in [1.807, 2.05) is 33.7 Å². The van der Waals surface area contributed by atoms with Gasteiger partial charge < -0.3 is 10.5 Å². The van der Waals surface area contributed by atoms with Crippen molar-refractivity contribution in [3.8, 4) is 5.75 Å². The van der Waals surface area contributed by atoms with Crippen LogP contribution in [-0.2, 0) is 9.59 Å². The fourth-order valence-electron chi connectivity index (χ4n) is 3.83. The number of hydrogen-bond donors (Lipinski definition) is 1. The molecule has 4 amide bonds. The van der Waals surface area contributed by atoms with Gasteiger partial charge in [0.25, 0.3) is 5.91 Å². The van der Waals surface area contributed by atoms with E-state index in [1.165, 1.54) is 4.90 Å². The lowest BCUT2D eigenvalue weighted by Gasteiger charge is -2.34. The zero-order valence-electron chi connectivity index (χ0n) is 15.7. The fraction of sp³-hybridized carbons (Fsp3) is 0.389. The van der Waals surface area contributed by atoms with E-state index >= 15 is 0 Å². The molecular formula is C18H21N6O4+. The number of guanidine groups is 1. The van der Waals surface area contributed by atoms with E-state index in [9.17, 15) is 14.4 Å². The van der Waals surface area contributed by atoms with E-state index in [0.717, 1.165) is 17.0 Å². The molecule has 1 aromatic rings. The minimum atomic E-state index is -0.755. The Morgan fingerprint density at radius 1 is 1.36 bits per heavy atom. The summed E-state index contributed by atoms with van der Waals surface area (Å²) in [5.74, 6) is 0.403. The maximum absolute atomic E-state index is 13.0. The Labute approximate surface area is 161 Å². The lowest BCUT2D eigenvalue weighted by atomic mass is 10.1. The van der Waals surface area contributed by atoms with Crippen molar-refractivity contribution in [2.24, 2.45) is 10.7 Å². The Kier molecular flexibility index (Phi) is 4.25. The van der Waals surface area contributed by atoms with E-state index in [4.69, 9.17) is 10.5 Å². The van der Waals surface area contributed by atoms with Crippen LogP contribution in [0.2, 0.25) is 0 Å². The van der Waals surface area contributed by atoms with Crippen molar-refractivity contribution in [2.45, 2.75) is 12.5 Å². The molecule has 0 saturated carbocycles. The molecule has 4 rings (SSSR count). The van der Waals surface area contributed by atoms with Gasteiger partial charge in [0.15, 0.2) is 5.75 Å². The normalized spacial score (nSPS) is 21.6. The molecule has 1 saturated heterocycles. The topological polar surface area (TPSA) is 112 Å². The second-order valence-electron chi connectivity index (χ2n) is 6.78. The number of benzene rings is 1. The van der Waals surface area contributed by atoms with Crippen LogP contribution in [0, 0.1) is 0 Å². The second-order valence-corrected chi connectivity index (χ2v) is 6.78. The van der Waals surface area contributed by atoms with Gasteiger partial charge in [-0.2, -0.15) is 0 Å². The van der Waals surface area contributed by atoms with Gasteiger partial charge in [-0.1, -0.05) is 17.1 Å². The molecule has 1 unspecified atom stereocenters. The number of likely N-dealkylation sites (N-methyl/N-ethyl adjacent to an activating group) is 1. The lowest BCUT2D eigenvalue weighted by Crippen LogP contribution is -2.64. The van der Waals surface area contributed by atoms with Crippen molar-refractivity contribution in [3.05, 3.63) is 24.3 Å². The number of nitrogens with two attached hydrogens (primary N) is 1. The lowest BCUT2D eigenvalue weighted by molar-refractivity contribution is -0.539. The highest BCUT2D eigenvalue weighted by Crippen LogP contribution is 2.32. The number of para-hydroxylation sites is 2. The molecule has 0 radical (unpaired) electrons. The zero-order valence-corrected chi connectivity index (χ0v) is 15.7. The summed E-state index contributed by atoms with van der Waals surface area (Å²) in [6.07, 6.45) is 0.793. The number of urea groups is 1. The molecule has 0 aliphatic carbocycles. The van der Waals surface area contributed by atoms with Gasteiger partial charge >= 0.3 is 12.0 Å². The molecule has 10 heteroatoms. The van der Waals surface area contributed by atoms with Gasteiger partial charge in [0.05, 0.1) is 20.2 Å². The van der Waals surface area contributed by atoms with Crippen LogP contribution in [0.3, 0.4) is 0 Å². The summed E-state index contributed by atoms with van der Waals surface area (Å²) < 4.78 is 7.34. The predicted molar refractivity (Wildman–Crippen MR) is 100 cm³/mol. The molecule has 28 heavy (non-hydrogen) atoms. The van der Waals surface area contributed by atoms with E-state index in [0.29, 0.717) is 30.6 Å². The third-order valence-electron chi connectivity index (χ3n) is 5.10. The van der Waals surface area contributed by atoms with Crippen molar-refractivity contribution in [1.29, 1.82) is 0 Å². The number of carbonyl (C=O) groups is 3. The average molecular weight is 385 g/mol. The number of anilines is 1. The van der Waals surface area contributed by atoms with Crippen LogP contribution < -0.4 is 15.4 Å². The highest BCUT2D eigenvalue weighted by atomic mass is 16.5. The summed E-state index contributed by atoms with van der Waals surface area (Å²) in [4.78, 5) is 45.7. The number of carbonyl (C=O) groups excluding carboxylic acids is 3. The first kappa shape index (κ1) is 18.0. The summed E-state index contributed by atoms with van der Waals surface area (Å²) in [7, 11) is 3.14. The first-order valence-corrected chi connectivity index (χ1v) is 8.94. The van der Waals surface area contributed by atoms with E-state index in [1.54, 1.807) is 14.2 Å². The summed E-state index contributed by atoms with van der Waals surface area (Å²) in [6.45, 7) is 0.856. The smallest absolute Gasteiger partial charge is 0.397 e. The van der Waals surface area contributed by atoms with Crippen LogP contribution in [0.1, 0.15) is 6.42 Å². The molecule has 146 valence electrons. The van der Waals surface area contributed by atoms with Gasteiger partial charge in [0.1, 0.15) is 12.2 Å². The van der Waals surface area contributed by atoms with Gasteiger partial charge in [0, 0.05) is 13.5 Å². The highest BCUT2D eigenvalue weighted by Gasteiger charge is 2.54. The molecule has 1 atom stereocenters. The Morgan fingerprint density at radius 2 is 2.11 bits per heavy atom. The number of hydrogen-bond acceptors (Lipinski definition) is 6. The minimum absolute atomic E-state index is 0.354. The predicted octanol–water partition coefficient (Wildman–Crippen LogP) is -0.566. The molecule has 0 spiro atoms. The van der Waals surface area contributed by atoms with Crippen molar-refractivity contribution >= 4 is 35.3 Å². The van der Waals surface area contributed by atoms with E-state index in [-0.39, 0.29) is 0 Å². The van der Waals surface area contributed by atoms with Crippen molar-refractivity contribution in [3.63, 3.8) is 0 Å². The molecule has 3 aliphatic heterocycles. The number of methoxy groups -OCH3 is 1. The molecular weight excluding hydrogens is 364 g/mol. The largest absolute Gasteiger partial charge is 0.493 e. The number of nitrogens with zero attached hydrogens (tertiary/aromatic N) is 5. The number of ether oxygens (including phenoxy) is 1. The zero-order chi connectivity index (χ0) is 20.0. The number of amidine groups is 1. The monoisotopic (exact) mass is 385 g/mol. The molecule has 3 heterocycles. The number of imide groups is 1. The summed E-state index contributed by atoms with van der Waals surface area (Å²) in [5, 5.41) is 0. The van der Waals surface area contributed by atoms with Crippen LogP contribution in [0.15, 0.2) is 29.3 Å². The average Bonchev–Trinajstić information content (AvgIpc) is 3.09. The number of rotatable bonds is 4. The van der Waals surface area contributed by atoms with Gasteiger partial charge in [-0.05, 0) is 12.1 Å². The highest BCUT2D eigenvalue weighted by molar-refractivity contribution is 6.24. The molecule has 0 bridgehead atoms. The van der Waals surface area contributed by atoms with E-state index < -0.39 is 30.4 Å². The number of primary amides is 1. The standard InChI is InChI=1S/C18H20N6O4/c1-21-15-14(16(26)24(18(21)27)10-13(19)25)23-9-5-8-22(17(23)20-15)11-6-3-4-7-12(11)28-2/h3-4,6-7,14H,5,8-10H2,1-2H3,(H-,19,25)/p+1. The van der Waals surface area contributed by atoms with Crippen LogP contribution >= 0.6 is 0 Å². The number of fused-ring (bicyclic) bond motifs is 2. The summed E-state index contributed by atoms with van der Waals surface area (Å²) in [5.41, 5.74) is 6.05. The van der Waals surface area contributed by atoms with Crippen molar-refractivity contribution < 1.29 is 23.7 Å². The van der Waals surface area contributed by atoms with Crippen molar-refractivity contribution in [1.82, 2.24) is 9.80 Å². The summed E-state index contributed by atoms with van der Waals surface area (Å²) >= 11 is 0. The molecule has 1 fully saturated rings. The van der Waals surface area contributed by atoms with Crippen LogP contribution in [0.25, 0.3) is 0 Å². The third-order valence-corrected chi connectivity index (χ3v) is 5.10. The Morgan fingerprint density at radius 3 is 2.82 bits per heavy atom. The maximum Gasteiger partial charge on any atom is 0.397 e. The number of amides is 4. The number of aliphatic imine (C=N–C) groups is 1. The second kappa shape index (κ2) is 6.63. The molecule has 3 aliphatic rings. The molecule has 0 aromatic heterocycles. The van der Waals surface area contributed by atoms with E-state index in [2.05, 4.69) is 4.99 Å². The fourth-order valence-corrected chi connectivity index (χ4v) is 3.83. The van der Waals surface area contributed by atoms with Crippen LogP contribution in [0.4, 0.5) is 10.5 Å².